The molecule has 0 atom stereocenters. The molecule has 0 N–H and O–H groups in total. The van der Waals surface area contributed by atoms with Gasteiger partial charge in [0.25, 0.3) is 0 Å². The van der Waals surface area contributed by atoms with Crippen LogP contribution in [0.15, 0.2) is 29.4 Å². The predicted molar refractivity (Wildman–Crippen MR) is 140 cm³/mol. The minimum Gasteiger partial charge on any atom is -0.466 e. The number of nitrogens with zero attached hydrogens (tertiary/aromatic N) is 2. The maximum atomic E-state index is 11.7. The highest BCUT2D eigenvalue weighted by Gasteiger charge is 2.38. The summed E-state index contributed by atoms with van der Waals surface area (Å²) in [6.45, 7) is 13.8. The van der Waals surface area contributed by atoms with Crippen molar-refractivity contribution in [3.8, 4) is 11.8 Å². The van der Waals surface area contributed by atoms with E-state index >= 15 is 0 Å². The lowest BCUT2D eigenvalue weighted by atomic mass is 9.76. The molecule has 0 aliphatic carbocycles. The second-order valence-corrected chi connectivity index (χ2v) is 12.1. The number of benzene rings is 1. The van der Waals surface area contributed by atoms with Crippen molar-refractivity contribution in [2.45, 2.75) is 102 Å². The summed E-state index contributed by atoms with van der Waals surface area (Å²) < 4.78 is 5.21. The van der Waals surface area contributed by atoms with Gasteiger partial charge in [-0.1, -0.05) is 59.8 Å². The van der Waals surface area contributed by atoms with Crippen molar-refractivity contribution in [2.75, 3.05) is 6.61 Å². The average Bonchev–Trinajstić information content (AvgIpc) is 2.75. The van der Waals surface area contributed by atoms with Gasteiger partial charge < -0.3 is 4.74 Å². The van der Waals surface area contributed by atoms with Crippen LogP contribution in [0.5, 0.6) is 0 Å². The number of esters is 1. The van der Waals surface area contributed by atoms with Gasteiger partial charge in [-0.3, -0.25) is 9.78 Å². The minimum absolute atomic E-state index is 0.107. The number of fused-ring (bicyclic) bond motifs is 1. The number of rotatable bonds is 8. The molecular weight excluding hydrogens is 440 g/mol. The highest BCUT2D eigenvalue weighted by molar-refractivity contribution is 8.00. The molecule has 5 heteroatoms. The van der Waals surface area contributed by atoms with Gasteiger partial charge in [-0.2, -0.15) is 0 Å². The van der Waals surface area contributed by atoms with Crippen LogP contribution in [0.4, 0.5) is 0 Å². The lowest BCUT2D eigenvalue weighted by molar-refractivity contribution is -0.142. The van der Waals surface area contributed by atoms with Crippen LogP contribution in [0.3, 0.4) is 0 Å². The van der Waals surface area contributed by atoms with Gasteiger partial charge in [0.15, 0.2) is 0 Å². The zero-order valence-electron chi connectivity index (χ0n) is 21.6. The maximum absolute atomic E-state index is 11.7. The summed E-state index contributed by atoms with van der Waals surface area (Å²) >= 11 is 2.00. The van der Waals surface area contributed by atoms with Crippen LogP contribution in [0.25, 0.3) is 0 Å². The Bertz CT molecular complexity index is 1060. The Morgan fingerprint density at radius 2 is 1.85 bits per heavy atom. The first-order chi connectivity index (χ1) is 16.1. The predicted octanol–water partition coefficient (Wildman–Crippen LogP) is 6.66. The molecule has 0 fully saturated rings. The third-order valence-corrected chi connectivity index (χ3v) is 7.40. The highest BCUT2D eigenvalue weighted by atomic mass is 32.2. The Morgan fingerprint density at radius 1 is 1.06 bits per heavy atom. The summed E-state index contributed by atoms with van der Waals surface area (Å²) in [5.41, 5.74) is 5.13. The summed E-state index contributed by atoms with van der Waals surface area (Å²) in [6.07, 6.45) is 10.5. The van der Waals surface area contributed by atoms with Gasteiger partial charge >= 0.3 is 5.97 Å². The third kappa shape index (κ3) is 7.09. The largest absolute Gasteiger partial charge is 0.466 e. The van der Waals surface area contributed by atoms with Gasteiger partial charge in [-0.15, -0.1) is 11.8 Å². The number of ether oxygens (including phenoxy) is 1. The molecule has 1 aliphatic rings. The van der Waals surface area contributed by atoms with Crippen LogP contribution in [-0.2, 0) is 27.8 Å². The van der Waals surface area contributed by atoms with Crippen molar-refractivity contribution in [2.24, 2.45) is 0 Å². The highest BCUT2D eigenvalue weighted by Crippen LogP contribution is 2.51. The first-order valence-electron chi connectivity index (χ1n) is 12.5. The van der Waals surface area contributed by atoms with E-state index in [-0.39, 0.29) is 22.6 Å². The normalized spacial score (nSPS) is 15.7. The second kappa shape index (κ2) is 11.4. The topological polar surface area (TPSA) is 52.1 Å². The average molecular weight is 479 g/mol. The van der Waals surface area contributed by atoms with Gasteiger partial charge in [0.2, 0.25) is 0 Å². The van der Waals surface area contributed by atoms with Crippen molar-refractivity contribution in [1.29, 1.82) is 0 Å². The molecule has 182 valence electrons. The number of aryl methyl sites for hydroxylation is 1. The Kier molecular flexibility index (Phi) is 8.82. The number of carbonyl (C=O) groups is 1. The first kappa shape index (κ1) is 26.3. The van der Waals surface area contributed by atoms with Crippen molar-refractivity contribution in [3.63, 3.8) is 0 Å². The van der Waals surface area contributed by atoms with Gasteiger partial charge in [-0.25, -0.2) is 4.98 Å². The van der Waals surface area contributed by atoms with E-state index in [9.17, 15) is 4.79 Å². The smallest absolute Gasteiger partial charge is 0.311 e. The van der Waals surface area contributed by atoms with E-state index in [1.807, 2.05) is 11.8 Å². The Balaban J connectivity index is 1.89. The molecular formula is C29H38N2O2S. The molecule has 4 nitrogen and oxygen atoms in total. The van der Waals surface area contributed by atoms with Gasteiger partial charge in [0.05, 0.1) is 31.1 Å². The standard InChI is InChI=1S/C29H38N2O2S/c1-7-9-10-11-12-21-16-26-25(28(3,4)20-29(5,6)34-26)15-22(21)13-14-23-18-31-24(19-30-23)17-27(32)33-8-2/h15-16,18-19H,7-12,17,20H2,1-6H3. The molecule has 0 saturated carbocycles. The SMILES string of the molecule is CCCCCCc1cc2c(cc1C#Cc1cnc(CC(=O)OCC)cn1)C(C)(C)CC(C)(C)S2. The van der Waals surface area contributed by atoms with Crippen molar-refractivity contribution in [3.05, 3.63) is 52.6 Å². The number of carbonyl (C=O) groups excluding carboxylic acids is 1. The summed E-state index contributed by atoms with van der Waals surface area (Å²) in [5, 5.41) is 0. The summed E-state index contributed by atoms with van der Waals surface area (Å²) in [6, 6.07) is 4.72. The molecule has 0 saturated heterocycles. The van der Waals surface area contributed by atoms with Gasteiger partial charge in [0, 0.05) is 15.2 Å². The molecule has 1 aromatic carbocycles. The Labute approximate surface area is 209 Å². The molecule has 2 heterocycles. The van der Waals surface area contributed by atoms with Gasteiger partial charge in [0.1, 0.15) is 5.69 Å². The van der Waals surface area contributed by atoms with Crippen LogP contribution in [0, 0.1) is 11.8 Å². The summed E-state index contributed by atoms with van der Waals surface area (Å²) in [5.74, 6) is 6.33. The number of unbranched alkanes of at least 4 members (excludes halogenated alkanes) is 3. The van der Waals surface area contributed by atoms with Crippen LogP contribution < -0.4 is 0 Å². The fourth-order valence-corrected chi connectivity index (χ4v) is 6.47. The number of thioether (sulfide) groups is 1. The van der Waals surface area contributed by atoms with E-state index in [1.165, 1.54) is 41.7 Å². The quantitative estimate of drug-likeness (QED) is 0.241. The molecule has 1 aromatic heterocycles. The molecule has 0 bridgehead atoms. The zero-order valence-corrected chi connectivity index (χ0v) is 22.4. The fourth-order valence-electron chi connectivity index (χ4n) is 4.80. The fraction of sp³-hybridized carbons (Fsp3) is 0.552. The monoisotopic (exact) mass is 478 g/mol. The van der Waals surface area contributed by atoms with Crippen LogP contribution >= 0.6 is 11.8 Å². The molecule has 1 aliphatic heterocycles. The number of aromatic nitrogens is 2. The number of hydrogen-bond donors (Lipinski definition) is 0. The molecule has 0 radical (unpaired) electrons. The van der Waals surface area contributed by atoms with E-state index in [0.717, 1.165) is 18.4 Å². The Hall–Kier alpha value is -2.32. The minimum atomic E-state index is -0.291. The lowest BCUT2D eigenvalue weighted by Gasteiger charge is -2.42. The van der Waals surface area contributed by atoms with E-state index in [2.05, 4.69) is 68.6 Å². The molecule has 0 unspecified atom stereocenters. The van der Waals surface area contributed by atoms with E-state index in [4.69, 9.17) is 4.74 Å². The second-order valence-electron chi connectivity index (χ2n) is 10.4. The van der Waals surface area contributed by atoms with E-state index < -0.39 is 0 Å². The van der Waals surface area contributed by atoms with Crippen molar-refractivity contribution in [1.82, 2.24) is 9.97 Å². The summed E-state index contributed by atoms with van der Waals surface area (Å²) in [7, 11) is 0. The number of hydrogen-bond acceptors (Lipinski definition) is 5. The van der Waals surface area contributed by atoms with Gasteiger partial charge in [-0.05, 0) is 60.8 Å². The molecule has 0 spiro atoms. The maximum Gasteiger partial charge on any atom is 0.311 e. The van der Waals surface area contributed by atoms with E-state index in [1.54, 1.807) is 19.3 Å². The van der Waals surface area contributed by atoms with Crippen molar-refractivity contribution < 1.29 is 9.53 Å². The zero-order chi connectivity index (χ0) is 24.8. The van der Waals surface area contributed by atoms with E-state index in [0.29, 0.717) is 18.0 Å². The lowest BCUT2D eigenvalue weighted by Crippen LogP contribution is -2.33. The van der Waals surface area contributed by atoms with Crippen molar-refractivity contribution >= 4 is 17.7 Å². The molecule has 3 rings (SSSR count). The van der Waals surface area contributed by atoms with Crippen LogP contribution in [-0.4, -0.2) is 27.3 Å². The summed E-state index contributed by atoms with van der Waals surface area (Å²) in [4.78, 5) is 21.8. The third-order valence-electron chi connectivity index (χ3n) is 6.15. The van der Waals surface area contributed by atoms with Crippen LogP contribution in [0.1, 0.15) is 102 Å². The Morgan fingerprint density at radius 3 is 2.53 bits per heavy atom. The molecule has 0 amide bonds. The molecule has 34 heavy (non-hydrogen) atoms. The first-order valence-corrected chi connectivity index (χ1v) is 13.3. The van der Waals surface area contributed by atoms with Crippen LogP contribution in [0.2, 0.25) is 0 Å². The molecule has 2 aromatic rings.